The SMILES string of the molecule is CCC1CCCN(c2cccc(OC)c2[C@@H](C)N)C1. The molecule has 1 heterocycles. The van der Waals surface area contributed by atoms with Gasteiger partial charge in [0.1, 0.15) is 5.75 Å². The van der Waals surface area contributed by atoms with E-state index in [4.69, 9.17) is 10.5 Å². The molecule has 1 fully saturated rings. The Morgan fingerprint density at radius 3 is 2.89 bits per heavy atom. The van der Waals surface area contributed by atoms with Crippen molar-refractivity contribution in [1.29, 1.82) is 0 Å². The summed E-state index contributed by atoms with van der Waals surface area (Å²) in [7, 11) is 1.72. The molecule has 1 aromatic carbocycles. The lowest BCUT2D eigenvalue weighted by molar-refractivity contribution is 0.396. The van der Waals surface area contributed by atoms with Gasteiger partial charge in [0.25, 0.3) is 0 Å². The third-order valence-corrected chi connectivity index (χ3v) is 4.16. The van der Waals surface area contributed by atoms with Crippen LogP contribution in [0.1, 0.15) is 44.7 Å². The van der Waals surface area contributed by atoms with E-state index in [1.165, 1.54) is 24.9 Å². The summed E-state index contributed by atoms with van der Waals surface area (Å²) in [5, 5.41) is 0. The number of nitrogens with two attached hydrogens (primary N) is 1. The van der Waals surface area contributed by atoms with E-state index in [2.05, 4.69) is 24.0 Å². The predicted octanol–water partition coefficient (Wildman–Crippen LogP) is 3.34. The molecule has 3 heteroatoms. The van der Waals surface area contributed by atoms with E-state index in [1.54, 1.807) is 7.11 Å². The maximum atomic E-state index is 6.16. The van der Waals surface area contributed by atoms with Crippen molar-refractivity contribution in [1.82, 2.24) is 0 Å². The second kappa shape index (κ2) is 6.29. The van der Waals surface area contributed by atoms with Crippen LogP contribution in [0.4, 0.5) is 5.69 Å². The Morgan fingerprint density at radius 1 is 1.47 bits per heavy atom. The van der Waals surface area contributed by atoms with Gasteiger partial charge < -0.3 is 15.4 Å². The summed E-state index contributed by atoms with van der Waals surface area (Å²) >= 11 is 0. The highest BCUT2D eigenvalue weighted by Crippen LogP contribution is 2.35. The Bertz CT molecular complexity index is 417. The lowest BCUT2D eigenvalue weighted by Crippen LogP contribution is -2.36. The average molecular weight is 262 g/mol. The molecular formula is C16H26N2O. The van der Waals surface area contributed by atoms with E-state index in [0.717, 1.165) is 30.3 Å². The van der Waals surface area contributed by atoms with Gasteiger partial charge in [0.15, 0.2) is 0 Å². The molecule has 1 aromatic rings. The van der Waals surface area contributed by atoms with Crippen molar-refractivity contribution in [3.8, 4) is 5.75 Å². The highest BCUT2D eigenvalue weighted by molar-refractivity contribution is 5.61. The number of nitrogens with zero attached hydrogens (tertiary/aromatic N) is 1. The van der Waals surface area contributed by atoms with Gasteiger partial charge in [-0.1, -0.05) is 19.4 Å². The molecule has 1 aliphatic heterocycles. The van der Waals surface area contributed by atoms with Crippen molar-refractivity contribution < 1.29 is 4.74 Å². The molecule has 0 aliphatic carbocycles. The van der Waals surface area contributed by atoms with Crippen molar-refractivity contribution in [2.75, 3.05) is 25.1 Å². The van der Waals surface area contributed by atoms with Crippen LogP contribution in [0.5, 0.6) is 5.75 Å². The third kappa shape index (κ3) is 3.03. The van der Waals surface area contributed by atoms with E-state index >= 15 is 0 Å². The number of anilines is 1. The van der Waals surface area contributed by atoms with Crippen molar-refractivity contribution in [3.05, 3.63) is 23.8 Å². The van der Waals surface area contributed by atoms with Crippen LogP contribution in [0.25, 0.3) is 0 Å². The largest absolute Gasteiger partial charge is 0.496 e. The molecule has 3 nitrogen and oxygen atoms in total. The lowest BCUT2D eigenvalue weighted by atomic mass is 9.94. The number of hydrogen-bond acceptors (Lipinski definition) is 3. The van der Waals surface area contributed by atoms with Crippen LogP contribution < -0.4 is 15.4 Å². The molecule has 1 aliphatic rings. The molecule has 0 radical (unpaired) electrons. The number of rotatable bonds is 4. The number of piperidine rings is 1. The first-order chi connectivity index (χ1) is 9.17. The molecule has 0 spiro atoms. The Balaban J connectivity index is 2.33. The smallest absolute Gasteiger partial charge is 0.125 e. The molecule has 2 rings (SSSR count). The molecule has 1 saturated heterocycles. The quantitative estimate of drug-likeness (QED) is 0.904. The summed E-state index contributed by atoms with van der Waals surface area (Å²) < 4.78 is 5.48. The molecular weight excluding hydrogens is 236 g/mol. The fourth-order valence-corrected chi connectivity index (χ4v) is 3.06. The van der Waals surface area contributed by atoms with Gasteiger partial charge in [-0.25, -0.2) is 0 Å². The normalized spacial score (nSPS) is 21.3. The van der Waals surface area contributed by atoms with Gasteiger partial charge in [-0.05, 0) is 37.8 Å². The van der Waals surface area contributed by atoms with Gasteiger partial charge in [0.2, 0.25) is 0 Å². The molecule has 2 atom stereocenters. The summed E-state index contributed by atoms with van der Waals surface area (Å²) in [6, 6.07) is 6.24. The van der Waals surface area contributed by atoms with E-state index in [0.29, 0.717) is 0 Å². The Kier molecular flexibility index (Phi) is 4.70. The second-order valence-corrected chi connectivity index (χ2v) is 5.54. The van der Waals surface area contributed by atoms with Crippen molar-refractivity contribution in [2.24, 2.45) is 11.7 Å². The van der Waals surface area contributed by atoms with Crippen molar-refractivity contribution in [3.63, 3.8) is 0 Å². The fourth-order valence-electron chi connectivity index (χ4n) is 3.06. The van der Waals surface area contributed by atoms with E-state index in [9.17, 15) is 0 Å². The summed E-state index contributed by atoms with van der Waals surface area (Å²) in [6.07, 6.45) is 3.88. The van der Waals surface area contributed by atoms with Gasteiger partial charge >= 0.3 is 0 Å². The molecule has 0 amide bonds. The van der Waals surface area contributed by atoms with Crippen LogP contribution in [0, 0.1) is 5.92 Å². The lowest BCUT2D eigenvalue weighted by Gasteiger charge is -2.36. The van der Waals surface area contributed by atoms with Crippen LogP contribution in [-0.2, 0) is 0 Å². The standard InChI is InChI=1S/C16H26N2O/c1-4-13-7-6-10-18(11-13)14-8-5-9-15(19-3)16(14)12(2)17/h5,8-9,12-13H,4,6-7,10-11,17H2,1-3H3/t12-,13?/m1/s1. The molecule has 1 unspecified atom stereocenters. The number of benzene rings is 1. The Hall–Kier alpha value is -1.22. The highest BCUT2D eigenvalue weighted by atomic mass is 16.5. The Morgan fingerprint density at radius 2 is 2.26 bits per heavy atom. The average Bonchev–Trinajstić information content (AvgIpc) is 2.46. The summed E-state index contributed by atoms with van der Waals surface area (Å²) in [5.41, 5.74) is 8.56. The monoisotopic (exact) mass is 262 g/mol. The highest BCUT2D eigenvalue weighted by Gasteiger charge is 2.23. The van der Waals surface area contributed by atoms with Crippen LogP contribution in [0.2, 0.25) is 0 Å². The molecule has 106 valence electrons. The number of hydrogen-bond donors (Lipinski definition) is 1. The van der Waals surface area contributed by atoms with Crippen LogP contribution in [0.3, 0.4) is 0 Å². The zero-order valence-electron chi connectivity index (χ0n) is 12.4. The van der Waals surface area contributed by atoms with Gasteiger partial charge in [-0.2, -0.15) is 0 Å². The zero-order valence-corrected chi connectivity index (χ0v) is 12.4. The fraction of sp³-hybridized carbons (Fsp3) is 0.625. The third-order valence-electron chi connectivity index (χ3n) is 4.16. The molecule has 2 N–H and O–H groups in total. The minimum atomic E-state index is -0.00634. The van der Waals surface area contributed by atoms with Crippen molar-refractivity contribution in [2.45, 2.75) is 39.2 Å². The maximum absolute atomic E-state index is 6.16. The van der Waals surface area contributed by atoms with Crippen LogP contribution in [0.15, 0.2) is 18.2 Å². The van der Waals surface area contributed by atoms with Gasteiger partial charge in [-0.15, -0.1) is 0 Å². The second-order valence-electron chi connectivity index (χ2n) is 5.54. The van der Waals surface area contributed by atoms with Crippen molar-refractivity contribution >= 4 is 5.69 Å². The first kappa shape index (κ1) is 14.2. The zero-order chi connectivity index (χ0) is 13.8. The first-order valence-corrected chi connectivity index (χ1v) is 7.34. The number of methoxy groups -OCH3 is 1. The van der Waals surface area contributed by atoms with E-state index in [-0.39, 0.29) is 6.04 Å². The topological polar surface area (TPSA) is 38.5 Å². The van der Waals surface area contributed by atoms with Crippen LogP contribution in [-0.4, -0.2) is 20.2 Å². The molecule has 0 aromatic heterocycles. The summed E-state index contributed by atoms with van der Waals surface area (Å²) in [5.74, 6) is 1.71. The van der Waals surface area contributed by atoms with Gasteiger partial charge in [0, 0.05) is 30.4 Å². The Labute approximate surface area is 116 Å². The molecule has 0 bridgehead atoms. The minimum Gasteiger partial charge on any atom is -0.496 e. The van der Waals surface area contributed by atoms with Gasteiger partial charge in [-0.3, -0.25) is 0 Å². The maximum Gasteiger partial charge on any atom is 0.125 e. The minimum absolute atomic E-state index is 0.00634. The van der Waals surface area contributed by atoms with E-state index in [1.807, 2.05) is 13.0 Å². The van der Waals surface area contributed by atoms with Crippen LogP contribution >= 0.6 is 0 Å². The van der Waals surface area contributed by atoms with Gasteiger partial charge in [0.05, 0.1) is 7.11 Å². The number of ether oxygens (including phenoxy) is 1. The molecule has 0 saturated carbocycles. The predicted molar refractivity (Wildman–Crippen MR) is 80.8 cm³/mol. The molecule has 19 heavy (non-hydrogen) atoms. The summed E-state index contributed by atoms with van der Waals surface area (Å²) in [4.78, 5) is 2.48. The summed E-state index contributed by atoms with van der Waals surface area (Å²) in [6.45, 7) is 6.58. The van der Waals surface area contributed by atoms with E-state index < -0.39 is 0 Å². The first-order valence-electron chi connectivity index (χ1n) is 7.34.